The monoisotopic (exact) mass is 654 g/mol. The van der Waals surface area contributed by atoms with E-state index in [1.807, 2.05) is 50.2 Å². The maximum absolute atomic E-state index is 14.5. The van der Waals surface area contributed by atoms with E-state index in [9.17, 15) is 13.2 Å². The molecule has 2 atom stereocenters. The van der Waals surface area contributed by atoms with Gasteiger partial charge in [-0.05, 0) is 80.5 Å². The SMILES string of the molecule is Cc1cccc(C)c1-c1cc2nc(n1)NS(=O)(=O)c1cccc(c1)C(=O)N(Cc1cccc(N3CC[C@H]3C)n1)[C@H](CC(C)(C)C)CO2. The zero-order valence-corrected chi connectivity index (χ0v) is 28.6. The molecule has 1 fully saturated rings. The summed E-state index contributed by atoms with van der Waals surface area (Å²) in [5.41, 5.74) is 4.20. The van der Waals surface area contributed by atoms with Gasteiger partial charge in [0.25, 0.3) is 15.9 Å². The van der Waals surface area contributed by atoms with Crippen LogP contribution in [0.25, 0.3) is 11.3 Å². The molecule has 47 heavy (non-hydrogen) atoms. The van der Waals surface area contributed by atoms with Crippen LogP contribution in [0.2, 0.25) is 0 Å². The van der Waals surface area contributed by atoms with Crippen LogP contribution in [-0.2, 0) is 16.6 Å². The van der Waals surface area contributed by atoms with Gasteiger partial charge in [0.2, 0.25) is 11.8 Å². The van der Waals surface area contributed by atoms with Gasteiger partial charge >= 0.3 is 0 Å². The van der Waals surface area contributed by atoms with E-state index in [1.54, 1.807) is 23.1 Å². The van der Waals surface area contributed by atoms with Crippen LogP contribution in [-0.4, -0.2) is 59.4 Å². The first kappa shape index (κ1) is 32.4. The van der Waals surface area contributed by atoms with Crippen molar-refractivity contribution in [3.8, 4) is 17.1 Å². The molecule has 2 aromatic heterocycles. The van der Waals surface area contributed by atoms with Crippen molar-refractivity contribution in [1.29, 1.82) is 0 Å². The zero-order chi connectivity index (χ0) is 33.5. The summed E-state index contributed by atoms with van der Waals surface area (Å²) in [6, 6.07) is 19.7. The first-order valence-electron chi connectivity index (χ1n) is 16.0. The number of hydrogen-bond acceptors (Lipinski definition) is 8. The average molecular weight is 655 g/mol. The fourth-order valence-corrected chi connectivity index (χ4v) is 7.28. The van der Waals surface area contributed by atoms with Gasteiger partial charge in [-0.25, -0.2) is 23.1 Å². The number of sulfonamides is 1. The van der Waals surface area contributed by atoms with Gasteiger partial charge in [0.05, 0.1) is 28.9 Å². The van der Waals surface area contributed by atoms with Crippen molar-refractivity contribution >= 4 is 27.7 Å². The molecule has 6 rings (SSSR count). The summed E-state index contributed by atoms with van der Waals surface area (Å²) in [5.74, 6) is 0.675. The van der Waals surface area contributed by atoms with E-state index >= 15 is 0 Å². The quantitative estimate of drug-likeness (QED) is 0.263. The lowest BCUT2D eigenvalue weighted by Gasteiger charge is -2.40. The van der Waals surface area contributed by atoms with E-state index in [1.165, 1.54) is 12.1 Å². The third kappa shape index (κ3) is 7.10. The Labute approximate surface area is 277 Å². The minimum atomic E-state index is -4.16. The summed E-state index contributed by atoms with van der Waals surface area (Å²) in [4.78, 5) is 32.5. The van der Waals surface area contributed by atoms with Gasteiger partial charge < -0.3 is 14.5 Å². The molecule has 0 radical (unpaired) electrons. The zero-order valence-electron chi connectivity index (χ0n) is 27.8. The van der Waals surface area contributed by atoms with Gasteiger partial charge in [-0.1, -0.05) is 51.1 Å². The molecule has 1 saturated heterocycles. The van der Waals surface area contributed by atoms with Crippen LogP contribution in [0.15, 0.2) is 71.6 Å². The fourth-order valence-electron chi connectivity index (χ4n) is 6.29. The lowest BCUT2D eigenvalue weighted by Crippen LogP contribution is -2.47. The number of hydrogen-bond donors (Lipinski definition) is 1. The van der Waals surface area contributed by atoms with Crippen molar-refractivity contribution in [3.63, 3.8) is 0 Å². The molecule has 2 aromatic carbocycles. The van der Waals surface area contributed by atoms with E-state index in [2.05, 4.69) is 47.3 Å². The number of aromatic nitrogens is 3. The minimum Gasteiger partial charge on any atom is -0.475 e. The normalized spacial score (nSPS) is 19.4. The summed E-state index contributed by atoms with van der Waals surface area (Å²) in [5, 5.41) is 0. The second-order valence-electron chi connectivity index (χ2n) is 13.8. The van der Waals surface area contributed by atoms with Crippen LogP contribution < -0.4 is 14.4 Å². The molecule has 10 nitrogen and oxygen atoms in total. The van der Waals surface area contributed by atoms with Gasteiger partial charge in [0, 0.05) is 29.8 Å². The molecular formula is C36H42N6O4S. The topological polar surface area (TPSA) is 118 Å². The van der Waals surface area contributed by atoms with Crippen molar-refractivity contribution < 1.29 is 17.9 Å². The van der Waals surface area contributed by atoms with Crippen LogP contribution in [0.5, 0.6) is 5.88 Å². The number of rotatable bonds is 5. The Balaban J connectivity index is 1.47. The molecule has 0 spiro atoms. The second kappa shape index (κ2) is 12.6. The third-order valence-electron chi connectivity index (χ3n) is 8.77. The van der Waals surface area contributed by atoms with E-state index < -0.39 is 16.1 Å². The summed E-state index contributed by atoms with van der Waals surface area (Å²) < 4.78 is 36.3. The van der Waals surface area contributed by atoms with Gasteiger partial charge in [-0.15, -0.1) is 0 Å². The lowest BCUT2D eigenvalue weighted by atomic mass is 9.87. The molecule has 11 heteroatoms. The Kier molecular flexibility index (Phi) is 8.69. The number of amides is 1. The van der Waals surface area contributed by atoms with E-state index in [-0.39, 0.29) is 46.8 Å². The van der Waals surface area contributed by atoms with E-state index in [0.29, 0.717) is 18.2 Å². The number of benzene rings is 2. The first-order valence-corrected chi connectivity index (χ1v) is 17.5. The van der Waals surface area contributed by atoms with E-state index in [4.69, 9.17) is 9.72 Å². The van der Waals surface area contributed by atoms with Crippen molar-refractivity contribution in [1.82, 2.24) is 19.9 Å². The molecule has 1 amide bonds. The number of nitrogens with zero attached hydrogens (tertiary/aromatic N) is 5. The highest BCUT2D eigenvalue weighted by atomic mass is 32.2. The summed E-state index contributed by atoms with van der Waals surface area (Å²) in [6.07, 6.45) is 1.73. The standard InChI is InChI=1S/C36H42N6O4S/c1-23-10-7-11-24(2)33(23)30-19-32-39-35(38-30)40-47(44,45)29-14-8-12-26(18-29)34(43)42(28(22-46-32)20-36(4,5)6)21-27-13-9-15-31(37-27)41-17-16-25(41)3/h7-15,18-19,25,28H,16-17,20-22H2,1-6H3,(H,38,39,40)/t25-,28-/m1/s1. The molecule has 246 valence electrons. The summed E-state index contributed by atoms with van der Waals surface area (Å²) in [6.45, 7) is 13.8. The number of aryl methyl sites for hydroxylation is 2. The maximum atomic E-state index is 14.5. The molecule has 0 aliphatic carbocycles. The summed E-state index contributed by atoms with van der Waals surface area (Å²) >= 11 is 0. The number of carbonyl (C=O) groups is 1. The maximum Gasteiger partial charge on any atom is 0.264 e. The largest absolute Gasteiger partial charge is 0.475 e. The number of pyridine rings is 1. The fraction of sp³-hybridized carbons (Fsp3) is 0.389. The summed E-state index contributed by atoms with van der Waals surface area (Å²) in [7, 11) is -4.16. The molecule has 2 aliphatic rings. The molecule has 0 unspecified atom stereocenters. The predicted molar refractivity (Wildman–Crippen MR) is 183 cm³/mol. The van der Waals surface area contributed by atoms with Crippen LogP contribution in [0.1, 0.15) is 67.7 Å². The number of anilines is 2. The Morgan fingerprint density at radius 3 is 2.36 bits per heavy atom. The van der Waals surface area contributed by atoms with Crippen LogP contribution in [0.4, 0.5) is 11.8 Å². The number of nitrogens with one attached hydrogen (secondary N) is 1. The van der Waals surface area contributed by atoms with Crippen molar-refractivity contribution in [3.05, 3.63) is 89.1 Å². The van der Waals surface area contributed by atoms with E-state index in [0.717, 1.165) is 41.2 Å². The Morgan fingerprint density at radius 1 is 0.957 bits per heavy atom. The van der Waals surface area contributed by atoms with Crippen molar-refractivity contribution in [2.24, 2.45) is 5.41 Å². The highest BCUT2D eigenvalue weighted by Crippen LogP contribution is 2.32. The smallest absolute Gasteiger partial charge is 0.264 e. The predicted octanol–water partition coefficient (Wildman–Crippen LogP) is 6.39. The second-order valence-corrected chi connectivity index (χ2v) is 15.5. The number of ether oxygens (including phenoxy) is 1. The van der Waals surface area contributed by atoms with Gasteiger partial charge in [-0.3, -0.25) is 4.79 Å². The first-order chi connectivity index (χ1) is 22.3. The van der Waals surface area contributed by atoms with Gasteiger partial charge in [0.15, 0.2) is 0 Å². The Morgan fingerprint density at radius 2 is 1.68 bits per heavy atom. The minimum absolute atomic E-state index is 0.0645. The highest BCUT2D eigenvalue weighted by Gasteiger charge is 2.32. The molecule has 2 aliphatic heterocycles. The highest BCUT2D eigenvalue weighted by molar-refractivity contribution is 7.92. The van der Waals surface area contributed by atoms with Crippen LogP contribution in [0, 0.1) is 19.3 Å². The van der Waals surface area contributed by atoms with Gasteiger partial charge in [-0.2, -0.15) is 4.98 Å². The molecule has 4 heterocycles. The molecule has 0 saturated carbocycles. The Bertz CT molecular complexity index is 1900. The lowest BCUT2D eigenvalue weighted by molar-refractivity contribution is 0.0509. The molecule has 4 bridgehead atoms. The molecule has 1 N–H and O–H groups in total. The molecular weight excluding hydrogens is 613 g/mol. The number of carbonyl (C=O) groups excluding carboxylic acids is 1. The van der Waals surface area contributed by atoms with Crippen LogP contribution in [0.3, 0.4) is 0 Å². The van der Waals surface area contributed by atoms with Crippen molar-refractivity contribution in [2.45, 2.75) is 77.9 Å². The molecule has 4 aromatic rings. The average Bonchev–Trinajstić information content (AvgIpc) is 3.00. The van der Waals surface area contributed by atoms with Crippen LogP contribution >= 0.6 is 0 Å². The van der Waals surface area contributed by atoms with Crippen molar-refractivity contribution in [2.75, 3.05) is 22.8 Å². The van der Waals surface area contributed by atoms with Gasteiger partial charge in [0.1, 0.15) is 12.4 Å². The number of fused-ring (bicyclic) bond motifs is 4. The third-order valence-corrected chi connectivity index (χ3v) is 10.1. The Hall–Kier alpha value is -4.51.